The van der Waals surface area contributed by atoms with Crippen molar-refractivity contribution in [2.45, 2.75) is 6.92 Å². The molecule has 1 amide bonds. The summed E-state index contributed by atoms with van der Waals surface area (Å²) < 4.78 is 10.3. The zero-order valence-electron chi connectivity index (χ0n) is 13.8. The van der Waals surface area contributed by atoms with Crippen molar-refractivity contribution in [1.82, 2.24) is 5.43 Å². The van der Waals surface area contributed by atoms with Crippen LogP contribution in [0, 0.1) is 17.0 Å². The van der Waals surface area contributed by atoms with Gasteiger partial charge in [-0.3, -0.25) is 14.9 Å². The van der Waals surface area contributed by atoms with E-state index in [4.69, 9.17) is 9.47 Å². The Hall–Kier alpha value is -3.42. The average Bonchev–Trinajstić information content (AvgIpc) is 2.60. The average molecular weight is 343 g/mol. The predicted octanol–water partition coefficient (Wildman–Crippen LogP) is 2.44. The van der Waals surface area contributed by atoms with Crippen LogP contribution < -0.4 is 14.9 Å². The van der Waals surface area contributed by atoms with Gasteiger partial charge in [-0.25, -0.2) is 5.43 Å². The number of nitro benzene ring substituents is 1. The van der Waals surface area contributed by atoms with Crippen molar-refractivity contribution in [2.24, 2.45) is 5.10 Å². The Morgan fingerprint density at radius 1 is 1.32 bits per heavy atom. The van der Waals surface area contributed by atoms with Gasteiger partial charge in [0, 0.05) is 6.07 Å². The Balaban J connectivity index is 1.91. The lowest BCUT2D eigenvalue weighted by molar-refractivity contribution is -0.385. The van der Waals surface area contributed by atoms with Gasteiger partial charge in [-0.1, -0.05) is 18.2 Å². The Labute approximate surface area is 144 Å². The first-order valence-corrected chi connectivity index (χ1v) is 7.33. The summed E-state index contributed by atoms with van der Waals surface area (Å²) in [5.74, 6) is 0.168. The van der Waals surface area contributed by atoms with Crippen LogP contribution in [0.4, 0.5) is 5.69 Å². The number of nitrogens with one attached hydrogen (secondary N) is 1. The number of carbonyl (C=O) groups excluding carboxylic acids is 1. The van der Waals surface area contributed by atoms with Gasteiger partial charge >= 0.3 is 5.69 Å². The van der Waals surface area contributed by atoms with Crippen molar-refractivity contribution >= 4 is 17.8 Å². The molecule has 25 heavy (non-hydrogen) atoms. The minimum atomic E-state index is -0.554. The van der Waals surface area contributed by atoms with Gasteiger partial charge in [0.2, 0.25) is 0 Å². The first-order valence-electron chi connectivity index (χ1n) is 7.33. The van der Waals surface area contributed by atoms with E-state index in [0.717, 1.165) is 11.1 Å². The minimum absolute atomic E-state index is 0.0301. The van der Waals surface area contributed by atoms with E-state index >= 15 is 0 Å². The highest BCUT2D eigenvalue weighted by Gasteiger charge is 2.16. The largest absolute Gasteiger partial charge is 0.497 e. The second kappa shape index (κ2) is 8.44. The number of methoxy groups -OCH3 is 1. The van der Waals surface area contributed by atoms with Crippen LogP contribution >= 0.6 is 0 Å². The highest BCUT2D eigenvalue weighted by Crippen LogP contribution is 2.27. The molecule has 0 bridgehead atoms. The number of benzene rings is 2. The number of nitrogens with zero attached hydrogens (tertiary/aromatic N) is 2. The molecule has 0 unspecified atom stereocenters. The number of amides is 1. The number of hydrogen-bond acceptors (Lipinski definition) is 6. The Bertz CT molecular complexity index is 805. The molecule has 1 N–H and O–H groups in total. The quantitative estimate of drug-likeness (QED) is 0.472. The second-order valence-corrected chi connectivity index (χ2v) is 5.09. The lowest BCUT2D eigenvalue weighted by atomic mass is 10.2. The highest BCUT2D eigenvalue weighted by atomic mass is 16.6. The molecule has 130 valence electrons. The maximum Gasteiger partial charge on any atom is 0.311 e. The molecular weight excluding hydrogens is 326 g/mol. The van der Waals surface area contributed by atoms with E-state index in [0.29, 0.717) is 5.75 Å². The van der Waals surface area contributed by atoms with Crippen LogP contribution in [0.5, 0.6) is 11.5 Å². The van der Waals surface area contributed by atoms with Gasteiger partial charge in [-0.2, -0.15) is 5.10 Å². The molecular formula is C17H17N3O5. The lowest BCUT2D eigenvalue weighted by Gasteiger charge is -2.06. The molecule has 0 fully saturated rings. The van der Waals surface area contributed by atoms with Gasteiger partial charge in [0.05, 0.1) is 18.2 Å². The normalized spacial score (nSPS) is 10.5. The van der Waals surface area contributed by atoms with Crippen molar-refractivity contribution in [3.05, 3.63) is 63.7 Å². The van der Waals surface area contributed by atoms with E-state index < -0.39 is 10.8 Å². The Morgan fingerprint density at radius 3 is 2.84 bits per heavy atom. The second-order valence-electron chi connectivity index (χ2n) is 5.09. The summed E-state index contributed by atoms with van der Waals surface area (Å²) in [5, 5.41) is 14.8. The summed E-state index contributed by atoms with van der Waals surface area (Å²) in [6.07, 6.45) is 1.45. The van der Waals surface area contributed by atoms with Crippen LogP contribution in [-0.2, 0) is 4.79 Å². The van der Waals surface area contributed by atoms with E-state index in [1.165, 1.54) is 18.3 Å². The minimum Gasteiger partial charge on any atom is -0.497 e. The van der Waals surface area contributed by atoms with Crippen molar-refractivity contribution in [2.75, 3.05) is 13.7 Å². The topological polar surface area (TPSA) is 103 Å². The summed E-state index contributed by atoms with van der Waals surface area (Å²) in [4.78, 5) is 22.2. The summed E-state index contributed by atoms with van der Waals surface area (Å²) in [7, 11) is 1.56. The Morgan fingerprint density at radius 2 is 2.12 bits per heavy atom. The fraction of sp³-hybridized carbons (Fsp3) is 0.176. The molecule has 0 aliphatic carbocycles. The van der Waals surface area contributed by atoms with E-state index in [1.54, 1.807) is 44.4 Å². The van der Waals surface area contributed by atoms with Crippen molar-refractivity contribution in [1.29, 1.82) is 0 Å². The van der Waals surface area contributed by atoms with Gasteiger partial charge in [-0.05, 0) is 36.2 Å². The van der Waals surface area contributed by atoms with E-state index in [-0.39, 0.29) is 18.0 Å². The van der Waals surface area contributed by atoms with Gasteiger partial charge in [0.25, 0.3) is 5.91 Å². The van der Waals surface area contributed by atoms with Gasteiger partial charge in [0.15, 0.2) is 12.4 Å². The summed E-state index contributed by atoms with van der Waals surface area (Å²) in [6, 6.07) is 11.6. The number of carbonyl (C=O) groups is 1. The fourth-order valence-corrected chi connectivity index (χ4v) is 1.97. The van der Waals surface area contributed by atoms with Crippen LogP contribution in [0.1, 0.15) is 11.1 Å². The maximum atomic E-state index is 11.7. The molecule has 8 nitrogen and oxygen atoms in total. The predicted molar refractivity (Wildman–Crippen MR) is 92.1 cm³/mol. The van der Waals surface area contributed by atoms with Crippen LogP contribution in [0.2, 0.25) is 0 Å². The zero-order chi connectivity index (χ0) is 18.2. The number of hydrazone groups is 1. The monoisotopic (exact) mass is 343 g/mol. The molecule has 2 aromatic carbocycles. The van der Waals surface area contributed by atoms with Crippen molar-refractivity contribution < 1.29 is 19.2 Å². The lowest BCUT2D eigenvalue weighted by Crippen LogP contribution is -2.24. The maximum absolute atomic E-state index is 11.7. The molecule has 0 saturated carbocycles. The molecule has 0 aromatic heterocycles. The SMILES string of the molecule is COc1cccc(/C=N\NC(=O)COc2ccc(C)cc2[N+](=O)[O-])c1. The molecule has 0 radical (unpaired) electrons. The van der Waals surface area contributed by atoms with Crippen molar-refractivity contribution in [3.63, 3.8) is 0 Å². The molecule has 0 aliphatic rings. The summed E-state index contributed by atoms with van der Waals surface area (Å²) in [5.41, 5.74) is 3.58. The number of rotatable bonds is 7. The van der Waals surface area contributed by atoms with Gasteiger partial charge in [0.1, 0.15) is 5.75 Å². The van der Waals surface area contributed by atoms with Gasteiger partial charge in [-0.15, -0.1) is 0 Å². The first-order chi connectivity index (χ1) is 12.0. The van der Waals surface area contributed by atoms with E-state index in [9.17, 15) is 14.9 Å². The van der Waals surface area contributed by atoms with Crippen molar-refractivity contribution in [3.8, 4) is 11.5 Å². The van der Waals surface area contributed by atoms with Gasteiger partial charge < -0.3 is 9.47 Å². The standard InChI is InChI=1S/C17H17N3O5/c1-12-6-7-16(15(8-12)20(22)23)25-11-17(21)19-18-10-13-4-3-5-14(9-13)24-2/h3-10H,11H2,1-2H3,(H,19,21)/b18-10-. The fourth-order valence-electron chi connectivity index (χ4n) is 1.97. The molecule has 0 aliphatic heterocycles. The van der Waals surface area contributed by atoms with E-state index in [1.807, 2.05) is 0 Å². The number of hydrogen-bond donors (Lipinski definition) is 1. The third kappa shape index (κ3) is 5.31. The summed E-state index contributed by atoms with van der Waals surface area (Å²) >= 11 is 0. The molecule has 8 heteroatoms. The molecule has 0 spiro atoms. The van der Waals surface area contributed by atoms with Crippen LogP contribution in [0.25, 0.3) is 0 Å². The molecule has 0 saturated heterocycles. The molecule has 0 atom stereocenters. The number of aryl methyl sites for hydroxylation is 1. The first kappa shape index (κ1) is 17.9. The molecule has 2 aromatic rings. The summed E-state index contributed by atoms with van der Waals surface area (Å²) in [6.45, 7) is 1.34. The van der Waals surface area contributed by atoms with Crippen LogP contribution in [0.15, 0.2) is 47.6 Å². The molecule has 2 rings (SSSR count). The highest BCUT2D eigenvalue weighted by molar-refractivity contribution is 5.83. The van der Waals surface area contributed by atoms with Crippen LogP contribution in [0.3, 0.4) is 0 Å². The third-order valence-corrected chi connectivity index (χ3v) is 3.17. The third-order valence-electron chi connectivity index (χ3n) is 3.17. The molecule has 0 heterocycles. The van der Waals surface area contributed by atoms with Crippen LogP contribution in [-0.4, -0.2) is 30.8 Å². The van der Waals surface area contributed by atoms with E-state index in [2.05, 4.69) is 10.5 Å². The zero-order valence-corrected chi connectivity index (χ0v) is 13.8. The number of nitro groups is 1. The smallest absolute Gasteiger partial charge is 0.311 e. The number of ether oxygens (including phenoxy) is 2. The Kier molecular flexibility index (Phi) is 6.05.